The largest absolute Gasteiger partial charge is 0.310 e. The summed E-state index contributed by atoms with van der Waals surface area (Å²) in [5.41, 5.74) is 2.73. The SMILES string of the molecule is CCCC(C)CN[C@@H](C)c1cccc(C)c1. The molecule has 0 heterocycles. The lowest BCUT2D eigenvalue weighted by atomic mass is 10.0. The predicted molar refractivity (Wildman–Crippen MR) is 71.7 cm³/mol. The lowest BCUT2D eigenvalue weighted by molar-refractivity contribution is 0.444. The van der Waals surface area contributed by atoms with E-state index >= 15 is 0 Å². The molecule has 1 N–H and O–H groups in total. The maximum Gasteiger partial charge on any atom is 0.0291 e. The minimum atomic E-state index is 0.458. The number of rotatable bonds is 6. The minimum absolute atomic E-state index is 0.458. The normalized spacial score (nSPS) is 14.8. The van der Waals surface area contributed by atoms with Crippen LogP contribution in [-0.4, -0.2) is 6.54 Å². The van der Waals surface area contributed by atoms with E-state index in [-0.39, 0.29) is 0 Å². The summed E-state index contributed by atoms with van der Waals surface area (Å²) in [5.74, 6) is 0.775. The summed E-state index contributed by atoms with van der Waals surface area (Å²) in [4.78, 5) is 0. The molecular weight excluding hydrogens is 194 g/mol. The molecule has 1 aromatic rings. The van der Waals surface area contributed by atoms with Crippen molar-refractivity contribution in [2.45, 2.75) is 46.6 Å². The summed E-state index contributed by atoms with van der Waals surface area (Å²) >= 11 is 0. The van der Waals surface area contributed by atoms with Gasteiger partial charge in [0.15, 0.2) is 0 Å². The lowest BCUT2D eigenvalue weighted by Gasteiger charge is -2.18. The van der Waals surface area contributed by atoms with Gasteiger partial charge in [0, 0.05) is 6.04 Å². The van der Waals surface area contributed by atoms with Crippen molar-refractivity contribution in [3.63, 3.8) is 0 Å². The van der Waals surface area contributed by atoms with Gasteiger partial charge in [-0.05, 0) is 38.3 Å². The molecule has 1 unspecified atom stereocenters. The molecule has 1 rings (SSSR count). The first-order valence-corrected chi connectivity index (χ1v) is 6.43. The van der Waals surface area contributed by atoms with Crippen molar-refractivity contribution in [2.24, 2.45) is 5.92 Å². The third-order valence-corrected chi connectivity index (χ3v) is 3.10. The van der Waals surface area contributed by atoms with Gasteiger partial charge in [-0.1, -0.05) is 50.1 Å². The van der Waals surface area contributed by atoms with Gasteiger partial charge in [0.05, 0.1) is 0 Å². The molecule has 0 saturated carbocycles. The van der Waals surface area contributed by atoms with Gasteiger partial charge in [-0.3, -0.25) is 0 Å². The van der Waals surface area contributed by atoms with Crippen molar-refractivity contribution in [3.8, 4) is 0 Å². The highest BCUT2D eigenvalue weighted by Gasteiger charge is 2.06. The zero-order valence-corrected chi connectivity index (χ0v) is 11.1. The molecule has 0 aliphatic heterocycles. The van der Waals surface area contributed by atoms with Crippen LogP contribution in [0.25, 0.3) is 0 Å². The van der Waals surface area contributed by atoms with Gasteiger partial charge >= 0.3 is 0 Å². The van der Waals surface area contributed by atoms with Crippen LogP contribution in [0.1, 0.15) is 50.8 Å². The molecule has 0 aliphatic rings. The second-order valence-electron chi connectivity index (χ2n) is 4.94. The van der Waals surface area contributed by atoms with Crippen molar-refractivity contribution < 1.29 is 0 Å². The Balaban J connectivity index is 2.43. The Labute approximate surface area is 100 Å². The van der Waals surface area contributed by atoms with Crippen LogP contribution in [0.3, 0.4) is 0 Å². The van der Waals surface area contributed by atoms with Crippen molar-refractivity contribution in [1.29, 1.82) is 0 Å². The predicted octanol–water partition coefficient (Wildman–Crippen LogP) is 4.08. The molecule has 16 heavy (non-hydrogen) atoms. The van der Waals surface area contributed by atoms with E-state index in [4.69, 9.17) is 0 Å². The van der Waals surface area contributed by atoms with E-state index in [9.17, 15) is 0 Å². The quantitative estimate of drug-likeness (QED) is 0.760. The first-order valence-electron chi connectivity index (χ1n) is 6.43. The van der Waals surface area contributed by atoms with Crippen LogP contribution in [0.5, 0.6) is 0 Å². The standard InChI is InChI=1S/C15H25N/c1-5-7-13(3)11-16-14(4)15-9-6-8-12(2)10-15/h6,8-10,13-14,16H,5,7,11H2,1-4H3/t13?,14-/m0/s1. The van der Waals surface area contributed by atoms with Gasteiger partial charge in [0.1, 0.15) is 0 Å². The molecule has 0 fully saturated rings. The molecular formula is C15H25N. The lowest BCUT2D eigenvalue weighted by Crippen LogP contribution is -2.24. The third-order valence-electron chi connectivity index (χ3n) is 3.10. The highest BCUT2D eigenvalue weighted by molar-refractivity contribution is 5.24. The summed E-state index contributed by atoms with van der Waals surface area (Å²) in [5, 5.41) is 3.61. The molecule has 0 radical (unpaired) electrons. The Hall–Kier alpha value is -0.820. The average molecular weight is 219 g/mol. The Bertz CT molecular complexity index is 306. The number of hydrogen-bond acceptors (Lipinski definition) is 1. The second-order valence-corrected chi connectivity index (χ2v) is 4.94. The number of benzene rings is 1. The zero-order chi connectivity index (χ0) is 12.0. The Kier molecular flexibility index (Phi) is 5.54. The van der Waals surface area contributed by atoms with Crippen LogP contribution in [0.15, 0.2) is 24.3 Å². The Morgan fingerprint density at radius 1 is 1.25 bits per heavy atom. The molecule has 1 nitrogen and oxygen atoms in total. The van der Waals surface area contributed by atoms with Crippen LogP contribution >= 0.6 is 0 Å². The smallest absolute Gasteiger partial charge is 0.0291 e. The summed E-state index contributed by atoms with van der Waals surface area (Å²) in [6.07, 6.45) is 2.59. The number of nitrogens with one attached hydrogen (secondary N) is 1. The van der Waals surface area contributed by atoms with Crippen LogP contribution in [0.4, 0.5) is 0 Å². The first kappa shape index (κ1) is 13.2. The highest BCUT2D eigenvalue weighted by atomic mass is 14.9. The van der Waals surface area contributed by atoms with Crippen LogP contribution < -0.4 is 5.32 Å². The summed E-state index contributed by atoms with van der Waals surface area (Å²) in [6.45, 7) is 10.1. The van der Waals surface area contributed by atoms with Crippen LogP contribution in [-0.2, 0) is 0 Å². The van der Waals surface area contributed by atoms with Crippen LogP contribution in [0.2, 0.25) is 0 Å². The minimum Gasteiger partial charge on any atom is -0.310 e. The molecule has 1 heteroatoms. The zero-order valence-electron chi connectivity index (χ0n) is 11.1. The van der Waals surface area contributed by atoms with E-state index in [1.54, 1.807) is 0 Å². The molecule has 0 bridgehead atoms. The fourth-order valence-corrected chi connectivity index (χ4v) is 2.03. The molecule has 0 aromatic heterocycles. The Morgan fingerprint density at radius 2 is 2.00 bits per heavy atom. The Morgan fingerprint density at radius 3 is 2.62 bits per heavy atom. The number of hydrogen-bond donors (Lipinski definition) is 1. The van der Waals surface area contributed by atoms with Gasteiger partial charge in [0.2, 0.25) is 0 Å². The van der Waals surface area contributed by atoms with E-state index in [0.29, 0.717) is 6.04 Å². The van der Waals surface area contributed by atoms with E-state index in [2.05, 4.69) is 57.3 Å². The highest BCUT2D eigenvalue weighted by Crippen LogP contribution is 2.14. The van der Waals surface area contributed by atoms with Crippen molar-refractivity contribution in [1.82, 2.24) is 5.32 Å². The second kappa shape index (κ2) is 6.70. The monoisotopic (exact) mass is 219 g/mol. The molecule has 0 spiro atoms. The fraction of sp³-hybridized carbons (Fsp3) is 0.600. The maximum atomic E-state index is 3.61. The van der Waals surface area contributed by atoms with Gasteiger partial charge in [-0.25, -0.2) is 0 Å². The van der Waals surface area contributed by atoms with E-state index < -0.39 is 0 Å². The summed E-state index contributed by atoms with van der Waals surface area (Å²) < 4.78 is 0. The van der Waals surface area contributed by atoms with E-state index in [0.717, 1.165) is 12.5 Å². The van der Waals surface area contributed by atoms with E-state index in [1.807, 2.05) is 0 Å². The molecule has 0 amide bonds. The van der Waals surface area contributed by atoms with Gasteiger partial charge in [-0.2, -0.15) is 0 Å². The molecule has 1 aromatic carbocycles. The third kappa shape index (κ3) is 4.36. The molecule has 0 aliphatic carbocycles. The molecule has 90 valence electrons. The maximum absolute atomic E-state index is 3.61. The van der Waals surface area contributed by atoms with E-state index in [1.165, 1.54) is 24.0 Å². The van der Waals surface area contributed by atoms with Gasteiger partial charge in [-0.15, -0.1) is 0 Å². The van der Waals surface area contributed by atoms with Gasteiger partial charge in [0.25, 0.3) is 0 Å². The van der Waals surface area contributed by atoms with Gasteiger partial charge < -0.3 is 5.32 Å². The van der Waals surface area contributed by atoms with Crippen molar-refractivity contribution >= 4 is 0 Å². The van der Waals surface area contributed by atoms with Crippen molar-refractivity contribution in [3.05, 3.63) is 35.4 Å². The summed E-state index contributed by atoms with van der Waals surface area (Å²) in [7, 11) is 0. The van der Waals surface area contributed by atoms with Crippen LogP contribution in [0, 0.1) is 12.8 Å². The average Bonchev–Trinajstić information content (AvgIpc) is 2.26. The number of aryl methyl sites for hydroxylation is 1. The molecule has 0 saturated heterocycles. The fourth-order valence-electron chi connectivity index (χ4n) is 2.03. The summed E-state index contributed by atoms with van der Waals surface area (Å²) in [6, 6.07) is 9.21. The van der Waals surface area contributed by atoms with Crippen molar-refractivity contribution in [2.75, 3.05) is 6.54 Å². The topological polar surface area (TPSA) is 12.0 Å². The molecule has 2 atom stereocenters. The first-order chi connectivity index (χ1) is 7.63.